The van der Waals surface area contributed by atoms with E-state index in [-0.39, 0.29) is 5.82 Å². The Balaban J connectivity index is 2.72. The summed E-state index contributed by atoms with van der Waals surface area (Å²) in [4.78, 5) is 10.9. The number of carboxylic acid groups (broad SMARTS) is 1. The monoisotopic (exact) mass is 218 g/mol. The lowest BCUT2D eigenvalue weighted by atomic mass is 9.95. The third-order valence-electron chi connectivity index (χ3n) is 2.74. The van der Waals surface area contributed by atoms with Crippen LogP contribution in [0.2, 0.25) is 0 Å². The minimum Gasteiger partial charge on any atom is -0.481 e. The van der Waals surface area contributed by atoms with Gasteiger partial charge in [-0.1, -0.05) is 30.3 Å². The average molecular weight is 218 g/mol. The van der Waals surface area contributed by atoms with Crippen molar-refractivity contribution in [2.75, 3.05) is 0 Å². The summed E-state index contributed by atoms with van der Waals surface area (Å²) >= 11 is 0. The number of carboxylic acids is 1. The molecule has 0 aromatic heterocycles. The molecular weight excluding hydrogens is 207 g/mol. The van der Waals surface area contributed by atoms with Crippen LogP contribution in [0.1, 0.15) is 18.4 Å². The van der Waals surface area contributed by atoms with Crippen LogP contribution >= 0.6 is 0 Å². The summed E-state index contributed by atoms with van der Waals surface area (Å²) < 4.78 is 13.5. The van der Waals surface area contributed by atoms with Crippen molar-refractivity contribution in [3.8, 4) is 0 Å². The summed E-state index contributed by atoms with van der Waals surface area (Å²) in [6, 6.07) is 9.77. The number of benzene rings is 2. The zero-order valence-electron chi connectivity index (χ0n) is 8.77. The molecule has 0 radical (unpaired) electrons. The lowest BCUT2D eigenvalue weighted by Gasteiger charge is -2.10. The minimum absolute atomic E-state index is 0.322. The van der Waals surface area contributed by atoms with Crippen LogP contribution < -0.4 is 0 Å². The number of aliphatic carboxylic acids is 1. The quantitative estimate of drug-likeness (QED) is 0.840. The van der Waals surface area contributed by atoms with Gasteiger partial charge in [-0.15, -0.1) is 0 Å². The SMILES string of the molecule is C[C@H](C(=O)O)c1ccc(F)c2ccccc12. The summed E-state index contributed by atoms with van der Waals surface area (Å²) in [6.45, 7) is 1.60. The molecule has 0 heterocycles. The first-order valence-electron chi connectivity index (χ1n) is 5.01. The number of carbonyl (C=O) groups is 1. The fourth-order valence-corrected chi connectivity index (χ4v) is 1.80. The van der Waals surface area contributed by atoms with Gasteiger partial charge in [0.05, 0.1) is 5.92 Å². The van der Waals surface area contributed by atoms with Crippen LogP contribution in [0.4, 0.5) is 4.39 Å². The Morgan fingerprint density at radius 3 is 2.44 bits per heavy atom. The normalized spacial score (nSPS) is 12.6. The molecule has 0 saturated carbocycles. The third-order valence-corrected chi connectivity index (χ3v) is 2.74. The fourth-order valence-electron chi connectivity index (χ4n) is 1.80. The van der Waals surface area contributed by atoms with Crippen LogP contribution in [-0.2, 0) is 4.79 Å². The van der Waals surface area contributed by atoms with Gasteiger partial charge >= 0.3 is 5.97 Å². The molecular formula is C13H11FO2. The standard InChI is InChI=1S/C13H11FO2/c1-8(13(15)16)9-6-7-12(14)11-5-3-2-4-10(9)11/h2-8H,1H3,(H,15,16)/t8-/m0/s1. The van der Waals surface area contributed by atoms with Crippen LogP contribution in [0.15, 0.2) is 36.4 Å². The van der Waals surface area contributed by atoms with Gasteiger partial charge < -0.3 is 5.11 Å². The number of rotatable bonds is 2. The lowest BCUT2D eigenvalue weighted by Crippen LogP contribution is -2.08. The summed E-state index contributed by atoms with van der Waals surface area (Å²) in [6.07, 6.45) is 0. The zero-order chi connectivity index (χ0) is 11.7. The number of halogens is 1. The van der Waals surface area contributed by atoms with Crippen LogP contribution in [-0.4, -0.2) is 11.1 Å². The summed E-state index contributed by atoms with van der Waals surface area (Å²) in [5.41, 5.74) is 0.643. The maximum Gasteiger partial charge on any atom is 0.310 e. The average Bonchev–Trinajstić information content (AvgIpc) is 2.29. The van der Waals surface area contributed by atoms with Crippen LogP contribution in [0.25, 0.3) is 10.8 Å². The van der Waals surface area contributed by atoms with Crippen molar-refractivity contribution in [3.05, 3.63) is 47.8 Å². The van der Waals surface area contributed by atoms with Gasteiger partial charge in [0.1, 0.15) is 5.82 Å². The van der Waals surface area contributed by atoms with Crippen LogP contribution in [0.3, 0.4) is 0 Å². The topological polar surface area (TPSA) is 37.3 Å². The Hall–Kier alpha value is -1.90. The first kappa shape index (κ1) is 10.6. The van der Waals surface area contributed by atoms with E-state index in [0.29, 0.717) is 16.3 Å². The summed E-state index contributed by atoms with van der Waals surface area (Å²) in [5, 5.41) is 10.1. The van der Waals surface area contributed by atoms with E-state index in [1.807, 2.05) is 0 Å². The smallest absolute Gasteiger partial charge is 0.310 e. The Bertz CT molecular complexity index is 549. The number of fused-ring (bicyclic) bond motifs is 1. The first-order valence-corrected chi connectivity index (χ1v) is 5.01. The largest absolute Gasteiger partial charge is 0.481 e. The van der Waals surface area contributed by atoms with Gasteiger partial charge in [0, 0.05) is 5.39 Å². The Morgan fingerprint density at radius 2 is 1.81 bits per heavy atom. The molecule has 0 bridgehead atoms. The second kappa shape index (κ2) is 3.93. The van der Waals surface area contributed by atoms with E-state index in [1.165, 1.54) is 12.1 Å². The van der Waals surface area contributed by atoms with Crippen LogP contribution in [0.5, 0.6) is 0 Å². The highest BCUT2D eigenvalue weighted by Gasteiger charge is 2.17. The number of hydrogen-bond acceptors (Lipinski definition) is 1. The van der Waals surface area contributed by atoms with Crippen molar-refractivity contribution < 1.29 is 14.3 Å². The van der Waals surface area contributed by atoms with E-state index in [4.69, 9.17) is 5.11 Å². The van der Waals surface area contributed by atoms with Crippen LogP contribution in [0, 0.1) is 5.82 Å². The second-order valence-electron chi connectivity index (χ2n) is 3.74. The van der Waals surface area contributed by atoms with Gasteiger partial charge in [0.15, 0.2) is 0 Å². The van der Waals surface area contributed by atoms with Crippen molar-refractivity contribution in [1.29, 1.82) is 0 Å². The Kier molecular flexibility index (Phi) is 2.60. The van der Waals surface area contributed by atoms with Gasteiger partial charge in [-0.3, -0.25) is 4.79 Å². The zero-order valence-corrected chi connectivity index (χ0v) is 8.77. The molecule has 1 atom stereocenters. The minimum atomic E-state index is -0.906. The predicted octanol–water partition coefficient (Wildman–Crippen LogP) is 3.17. The van der Waals surface area contributed by atoms with Crippen molar-refractivity contribution in [2.45, 2.75) is 12.8 Å². The highest BCUT2D eigenvalue weighted by Crippen LogP contribution is 2.27. The summed E-state index contributed by atoms with van der Waals surface area (Å²) in [7, 11) is 0. The lowest BCUT2D eigenvalue weighted by molar-refractivity contribution is -0.138. The molecule has 0 unspecified atom stereocenters. The van der Waals surface area contributed by atoms with E-state index in [1.54, 1.807) is 31.2 Å². The predicted molar refractivity (Wildman–Crippen MR) is 60.0 cm³/mol. The highest BCUT2D eigenvalue weighted by molar-refractivity contribution is 5.90. The molecule has 82 valence electrons. The van der Waals surface area contributed by atoms with E-state index >= 15 is 0 Å². The summed E-state index contributed by atoms with van der Waals surface area (Å²) in [5.74, 6) is -1.86. The molecule has 0 amide bonds. The Morgan fingerprint density at radius 1 is 1.19 bits per heavy atom. The van der Waals surface area contributed by atoms with Gasteiger partial charge in [-0.25, -0.2) is 4.39 Å². The highest BCUT2D eigenvalue weighted by atomic mass is 19.1. The van der Waals surface area contributed by atoms with E-state index < -0.39 is 11.9 Å². The molecule has 0 fully saturated rings. The second-order valence-corrected chi connectivity index (χ2v) is 3.74. The van der Waals surface area contributed by atoms with Crippen molar-refractivity contribution >= 4 is 16.7 Å². The molecule has 0 spiro atoms. The molecule has 2 rings (SSSR count). The van der Waals surface area contributed by atoms with E-state index in [0.717, 1.165) is 0 Å². The van der Waals surface area contributed by atoms with Gasteiger partial charge in [0.25, 0.3) is 0 Å². The molecule has 0 aliphatic carbocycles. The molecule has 16 heavy (non-hydrogen) atoms. The third kappa shape index (κ3) is 1.65. The van der Waals surface area contributed by atoms with Gasteiger partial charge in [-0.05, 0) is 23.9 Å². The fraction of sp³-hybridized carbons (Fsp3) is 0.154. The van der Waals surface area contributed by atoms with E-state index in [2.05, 4.69) is 0 Å². The van der Waals surface area contributed by atoms with Crippen molar-refractivity contribution in [3.63, 3.8) is 0 Å². The maximum atomic E-state index is 13.5. The van der Waals surface area contributed by atoms with Crippen molar-refractivity contribution in [1.82, 2.24) is 0 Å². The van der Waals surface area contributed by atoms with Gasteiger partial charge in [-0.2, -0.15) is 0 Å². The molecule has 1 N–H and O–H groups in total. The molecule has 2 aromatic carbocycles. The molecule has 0 aliphatic rings. The molecule has 0 aliphatic heterocycles. The maximum absolute atomic E-state index is 13.5. The number of hydrogen-bond donors (Lipinski definition) is 1. The first-order chi connectivity index (χ1) is 7.61. The molecule has 2 nitrogen and oxygen atoms in total. The van der Waals surface area contributed by atoms with Gasteiger partial charge in [0.2, 0.25) is 0 Å². The molecule has 3 heteroatoms. The molecule has 2 aromatic rings. The Labute approximate surface area is 92.3 Å². The molecule has 0 saturated heterocycles. The van der Waals surface area contributed by atoms with Crippen molar-refractivity contribution in [2.24, 2.45) is 0 Å². The van der Waals surface area contributed by atoms with E-state index in [9.17, 15) is 9.18 Å².